The van der Waals surface area contributed by atoms with Crippen LogP contribution in [0.2, 0.25) is 0 Å². The van der Waals surface area contributed by atoms with Gasteiger partial charge in [0.1, 0.15) is 0 Å². The Bertz CT molecular complexity index is 454. The summed E-state index contributed by atoms with van der Waals surface area (Å²) in [4.78, 5) is 14.8. The molecule has 0 aromatic heterocycles. The highest BCUT2D eigenvalue weighted by Gasteiger charge is 2.30. The van der Waals surface area contributed by atoms with E-state index < -0.39 is 0 Å². The van der Waals surface area contributed by atoms with Crippen LogP contribution in [0.3, 0.4) is 0 Å². The molecule has 0 bridgehead atoms. The Morgan fingerprint density at radius 3 is 2.63 bits per heavy atom. The maximum Gasteiger partial charge on any atom is 0.177 e. The predicted octanol–water partition coefficient (Wildman–Crippen LogP) is 3.54. The van der Waals surface area contributed by atoms with Crippen LogP contribution in [0.5, 0.6) is 0 Å². The number of piperidine rings is 1. The van der Waals surface area contributed by atoms with Crippen LogP contribution in [-0.4, -0.2) is 29.8 Å². The Balaban J connectivity index is 2.08. The van der Waals surface area contributed by atoms with Crippen molar-refractivity contribution in [2.75, 3.05) is 13.1 Å². The molecule has 3 unspecified atom stereocenters. The molecule has 1 aliphatic rings. The first kappa shape index (κ1) is 14.3. The summed E-state index contributed by atoms with van der Waals surface area (Å²) in [5, 5.41) is 0. The van der Waals surface area contributed by atoms with E-state index in [9.17, 15) is 4.79 Å². The molecule has 1 aromatic carbocycles. The van der Waals surface area contributed by atoms with Crippen molar-refractivity contribution in [3.63, 3.8) is 0 Å². The van der Waals surface area contributed by atoms with E-state index in [0.717, 1.165) is 17.7 Å². The molecule has 0 spiro atoms. The van der Waals surface area contributed by atoms with E-state index in [1.807, 2.05) is 31.2 Å². The van der Waals surface area contributed by atoms with Crippen LogP contribution >= 0.6 is 0 Å². The minimum absolute atomic E-state index is 0.256. The second kappa shape index (κ2) is 5.87. The van der Waals surface area contributed by atoms with Crippen LogP contribution in [0.1, 0.15) is 43.1 Å². The molecule has 3 atom stereocenters. The highest BCUT2D eigenvalue weighted by atomic mass is 16.1. The number of benzene rings is 1. The third-order valence-corrected chi connectivity index (χ3v) is 4.51. The van der Waals surface area contributed by atoms with Gasteiger partial charge in [-0.3, -0.25) is 9.69 Å². The summed E-state index contributed by atoms with van der Waals surface area (Å²) in [6.45, 7) is 10.4. The normalized spacial score (nSPS) is 28.3. The van der Waals surface area contributed by atoms with Gasteiger partial charge in [-0.15, -0.1) is 0 Å². The van der Waals surface area contributed by atoms with E-state index in [-0.39, 0.29) is 5.78 Å². The molecule has 1 heterocycles. The van der Waals surface area contributed by atoms with Gasteiger partial charge in [0.15, 0.2) is 5.78 Å². The van der Waals surface area contributed by atoms with Crippen LogP contribution in [0.4, 0.5) is 0 Å². The molecule has 1 aliphatic heterocycles. The van der Waals surface area contributed by atoms with Crippen LogP contribution in [0, 0.1) is 18.8 Å². The molecule has 0 amide bonds. The lowest BCUT2D eigenvalue weighted by atomic mass is 9.85. The summed E-state index contributed by atoms with van der Waals surface area (Å²) in [6.07, 6.45) is 1.27. The summed E-state index contributed by atoms with van der Waals surface area (Å²) in [7, 11) is 0. The number of carbonyl (C=O) groups is 1. The maximum absolute atomic E-state index is 12.5. The van der Waals surface area contributed by atoms with E-state index in [0.29, 0.717) is 24.4 Å². The molecule has 104 valence electrons. The topological polar surface area (TPSA) is 20.3 Å². The SMILES string of the molecule is Cc1ccccc1C(=O)CN1CC(C)CC(C)C1C. The fourth-order valence-corrected chi connectivity index (χ4v) is 3.20. The number of hydrogen-bond donors (Lipinski definition) is 0. The minimum Gasteiger partial charge on any atom is -0.293 e. The fraction of sp³-hybridized carbons (Fsp3) is 0.588. The molecule has 0 saturated carbocycles. The second-order valence-corrected chi connectivity index (χ2v) is 6.23. The molecular formula is C17H25NO. The lowest BCUT2D eigenvalue weighted by Crippen LogP contribution is -2.47. The molecule has 19 heavy (non-hydrogen) atoms. The van der Waals surface area contributed by atoms with Crippen molar-refractivity contribution in [1.29, 1.82) is 0 Å². The first-order chi connectivity index (χ1) is 8.99. The largest absolute Gasteiger partial charge is 0.293 e. The molecule has 0 N–H and O–H groups in total. The van der Waals surface area contributed by atoms with Gasteiger partial charge in [0.25, 0.3) is 0 Å². The lowest BCUT2D eigenvalue weighted by molar-refractivity contribution is 0.0649. The monoisotopic (exact) mass is 259 g/mol. The highest BCUT2D eigenvalue weighted by molar-refractivity contribution is 5.98. The number of carbonyl (C=O) groups excluding carboxylic acids is 1. The molecule has 0 aliphatic carbocycles. The number of ketones is 1. The van der Waals surface area contributed by atoms with E-state index >= 15 is 0 Å². The fourth-order valence-electron chi connectivity index (χ4n) is 3.20. The predicted molar refractivity (Wildman–Crippen MR) is 79.5 cm³/mol. The number of rotatable bonds is 3. The first-order valence-electron chi connectivity index (χ1n) is 7.32. The van der Waals surface area contributed by atoms with Crippen LogP contribution in [0.25, 0.3) is 0 Å². The average Bonchev–Trinajstić information content (AvgIpc) is 2.35. The zero-order valence-electron chi connectivity index (χ0n) is 12.5. The van der Waals surface area contributed by atoms with Gasteiger partial charge >= 0.3 is 0 Å². The molecule has 1 fully saturated rings. The van der Waals surface area contributed by atoms with Crippen molar-refractivity contribution in [2.24, 2.45) is 11.8 Å². The lowest BCUT2D eigenvalue weighted by Gasteiger charge is -2.40. The molecule has 2 heteroatoms. The standard InChI is InChI=1S/C17H25NO/c1-12-9-14(3)15(4)18(10-12)11-17(19)16-8-6-5-7-13(16)2/h5-8,12,14-15H,9-11H2,1-4H3. The molecule has 2 nitrogen and oxygen atoms in total. The van der Waals surface area contributed by atoms with Gasteiger partial charge in [0.05, 0.1) is 6.54 Å². The number of nitrogens with zero attached hydrogens (tertiary/aromatic N) is 1. The maximum atomic E-state index is 12.5. The number of Topliss-reactive ketones (excluding diaryl/α,β-unsaturated/α-hetero) is 1. The minimum atomic E-state index is 0.256. The Morgan fingerprint density at radius 2 is 1.95 bits per heavy atom. The van der Waals surface area contributed by atoms with Crippen molar-refractivity contribution in [3.8, 4) is 0 Å². The Kier molecular flexibility index (Phi) is 4.41. The Labute approximate surface area is 116 Å². The van der Waals surface area contributed by atoms with Crippen molar-refractivity contribution >= 4 is 5.78 Å². The summed E-state index contributed by atoms with van der Waals surface area (Å²) in [5.41, 5.74) is 1.96. The Morgan fingerprint density at radius 1 is 1.26 bits per heavy atom. The number of hydrogen-bond acceptors (Lipinski definition) is 2. The smallest absolute Gasteiger partial charge is 0.177 e. The third-order valence-electron chi connectivity index (χ3n) is 4.51. The van der Waals surface area contributed by atoms with Gasteiger partial charge in [0, 0.05) is 18.2 Å². The molecular weight excluding hydrogens is 234 g/mol. The second-order valence-electron chi connectivity index (χ2n) is 6.23. The van der Waals surface area contributed by atoms with Crippen molar-refractivity contribution in [2.45, 2.75) is 40.2 Å². The summed E-state index contributed by atoms with van der Waals surface area (Å²) in [6, 6.07) is 8.39. The highest BCUT2D eigenvalue weighted by Crippen LogP contribution is 2.27. The van der Waals surface area contributed by atoms with E-state index in [2.05, 4.69) is 25.7 Å². The van der Waals surface area contributed by atoms with Crippen LogP contribution in [-0.2, 0) is 0 Å². The first-order valence-corrected chi connectivity index (χ1v) is 7.32. The number of aryl methyl sites for hydroxylation is 1. The van der Waals surface area contributed by atoms with Gasteiger partial charge in [0.2, 0.25) is 0 Å². The third kappa shape index (κ3) is 3.24. The van der Waals surface area contributed by atoms with E-state index in [4.69, 9.17) is 0 Å². The summed E-state index contributed by atoms with van der Waals surface area (Å²) >= 11 is 0. The summed E-state index contributed by atoms with van der Waals surface area (Å²) < 4.78 is 0. The zero-order valence-corrected chi connectivity index (χ0v) is 12.5. The van der Waals surface area contributed by atoms with Crippen molar-refractivity contribution in [1.82, 2.24) is 4.90 Å². The molecule has 1 aromatic rings. The van der Waals surface area contributed by atoms with E-state index in [1.54, 1.807) is 0 Å². The molecule has 0 radical (unpaired) electrons. The van der Waals surface area contributed by atoms with E-state index in [1.165, 1.54) is 6.42 Å². The molecule has 2 rings (SSSR count). The quantitative estimate of drug-likeness (QED) is 0.774. The van der Waals surface area contributed by atoms with Gasteiger partial charge in [-0.05, 0) is 37.7 Å². The van der Waals surface area contributed by atoms with Gasteiger partial charge in [-0.2, -0.15) is 0 Å². The average molecular weight is 259 g/mol. The van der Waals surface area contributed by atoms with Crippen LogP contribution in [0.15, 0.2) is 24.3 Å². The number of likely N-dealkylation sites (tertiary alicyclic amines) is 1. The van der Waals surface area contributed by atoms with Crippen molar-refractivity contribution < 1.29 is 4.79 Å². The van der Waals surface area contributed by atoms with Gasteiger partial charge in [-0.1, -0.05) is 38.1 Å². The van der Waals surface area contributed by atoms with Gasteiger partial charge < -0.3 is 0 Å². The van der Waals surface area contributed by atoms with Crippen molar-refractivity contribution in [3.05, 3.63) is 35.4 Å². The van der Waals surface area contributed by atoms with Gasteiger partial charge in [-0.25, -0.2) is 0 Å². The summed E-state index contributed by atoms with van der Waals surface area (Å²) in [5.74, 6) is 1.62. The zero-order chi connectivity index (χ0) is 14.0. The molecule has 1 saturated heterocycles. The Hall–Kier alpha value is -1.15. The van der Waals surface area contributed by atoms with Crippen LogP contribution < -0.4 is 0 Å².